The van der Waals surface area contributed by atoms with E-state index in [0.717, 1.165) is 5.56 Å². The van der Waals surface area contributed by atoms with Gasteiger partial charge in [0.15, 0.2) is 0 Å². The van der Waals surface area contributed by atoms with Crippen molar-refractivity contribution in [3.8, 4) is 0 Å². The third-order valence-electron chi connectivity index (χ3n) is 3.77. The van der Waals surface area contributed by atoms with Crippen LogP contribution in [0, 0.1) is 6.92 Å². The quantitative estimate of drug-likeness (QED) is 0.789. The van der Waals surface area contributed by atoms with Gasteiger partial charge in [0.05, 0.1) is 11.1 Å². The first-order chi connectivity index (χ1) is 11.8. The molecule has 0 saturated carbocycles. The minimum absolute atomic E-state index is 0.0377. The van der Waals surface area contributed by atoms with E-state index in [0.29, 0.717) is 21.0 Å². The summed E-state index contributed by atoms with van der Waals surface area (Å²) in [5.74, 6) is -0.261. The fourth-order valence-corrected chi connectivity index (χ4v) is 3.75. The molecule has 0 radical (unpaired) electrons. The second-order valence-corrected chi connectivity index (χ2v) is 7.53. The van der Waals surface area contributed by atoms with Crippen LogP contribution in [0.25, 0.3) is 0 Å². The van der Waals surface area contributed by atoms with Crippen molar-refractivity contribution in [3.63, 3.8) is 0 Å². The Bertz CT molecular complexity index is 958. The maximum Gasteiger partial charge on any atom is 0.484 e. The Balaban J connectivity index is 1.99. The Morgan fingerprint density at radius 3 is 2.52 bits per heavy atom. The van der Waals surface area contributed by atoms with E-state index in [4.69, 9.17) is 0 Å². The first-order valence-electron chi connectivity index (χ1n) is 7.54. The number of sulfonamides is 1. The monoisotopic (exact) mass is 357 g/mol. The van der Waals surface area contributed by atoms with Crippen LogP contribution in [0.15, 0.2) is 52.5 Å². The van der Waals surface area contributed by atoms with E-state index in [-0.39, 0.29) is 10.8 Å². The number of hydrazone groups is 1. The maximum atomic E-state index is 12.8. The van der Waals surface area contributed by atoms with E-state index in [1.165, 1.54) is 31.3 Å². The van der Waals surface area contributed by atoms with Crippen LogP contribution in [0.2, 0.25) is 0 Å². The standard InChI is InChI=1S/C16H16BN3O4S/c1-11-3-7-15(8-4-11)25(23,24)20-17(22)16-9-14(19-12(2)21)6-5-13(16)10-18-20/h3-10,22H,1-2H3,(H,19,21). The molecule has 128 valence electrons. The lowest BCUT2D eigenvalue weighted by Crippen LogP contribution is -2.52. The maximum absolute atomic E-state index is 12.8. The molecule has 25 heavy (non-hydrogen) atoms. The molecule has 9 heteroatoms. The average Bonchev–Trinajstić information content (AvgIpc) is 2.55. The Kier molecular flexibility index (Phi) is 4.36. The normalized spacial score (nSPS) is 13.6. The summed E-state index contributed by atoms with van der Waals surface area (Å²) in [6, 6.07) is 11.1. The molecule has 2 aromatic rings. The number of fused-ring (bicyclic) bond motifs is 1. The van der Waals surface area contributed by atoms with Gasteiger partial charge in [-0.3, -0.25) is 4.79 Å². The van der Waals surface area contributed by atoms with Crippen LogP contribution in [-0.4, -0.2) is 36.9 Å². The van der Waals surface area contributed by atoms with Gasteiger partial charge < -0.3 is 10.3 Å². The number of carbonyl (C=O) groups excluding carboxylic acids is 1. The van der Waals surface area contributed by atoms with Gasteiger partial charge in [0.1, 0.15) is 0 Å². The number of hydrogen-bond acceptors (Lipinski definition) is 5. The van der Waals surface area contributed by atoms with Gasteiger partial charge in [0.2, 0.25) is 5.91 Å². The van der Waals surface area contributed by atoms with Gasteiger partial charge in [0.25, 0.3) is 10.0 Å². The predicted molar refractivity (Wildman–Crippen MR) is 96.2 cm³/mol. The van der Waals surface area contributed by atoms with Crippen LogP contribution in [0.4, 0.5) is 5.69 Å². The molecule has 7 nitrogen and oxygen atoms in total. The minimum Gasteiger partial charge on any atom is -0.427 e. The number of benzene rings is 2. The molecule has 2 N–H and O–H groups in total. The van der Waals surface area contributed by atoms with Crippen molar-refractivity contribution in [1.82, 2.24) is 4.33 Å². The number of hydrogen-bond donors (Lipinski definition) is 2. The van der Waals surface area contributed by atoms with Gasteiger partial charge in [-0.25, -0.2) is 8.42 Å². The Morgan fingerprint density at radius 1 is 1.20 bits per heavy atom. The van der Waals surface area contributed by atoms with E-state index in [1.807, 2.05) is 6.92 Å². The summed E-state index contributed by atoms with van der Waals surface area (Å²) in [6.07, 6.45) is 1.37. The Hall–Kier alpha value is -2.65. The molecular weight excluding hydrogens is 341 g/mol. The molecule has 2 aromatic carbocycles. The summed E-state index contributed by atoms with van der Waals surface area (Å²) in [4.78, 5) is 11.2. The van der Waals surface area contributed by atoms with Gasteiger partial charge in [-0.2, -0.15) is 9.43 Å². The van der Waals surface area contributed by atoms with E-state index in [2.05, 4.69) is 10.4 Å². The van der Waals surface area contributed by atoms with Crippen molar-refractivity contribution in [2.24, 2.45) is 5.10 Å². The van der Waals surface area contributed by atoms with Crippen LogP contribution in [0.1, 0.15) is 18.1 Å². The van der Waals surface area contributed by atoms with Gasteiger partial charge in [0, 0.05) is 12.6 Å². The number of nitrogens with one attached hydrogen (secondary N) is 1. The Morgan fingerprint density at radius 2 is 1.88 bits per heavy atom. The number of anilines is 1. The number of carbonyl (C=O) groups is 1. The van der Waals surface area contributed by atoms with Crippen molar-refractivity contribution in [2.45, 2.75) is 18.7 Å². The highest BCUT2D eigenvalue weighted by atomic mass is 32.2. The van der Waals surface area contributed by atoms with Crippen LogP contribution < -0.4 is 10.8 Å². The third-order valence-corrected chi connectivity index (χ3v) is 5.42. The highest BCUT2D eigenvalue weighted by Gasteiger charge is 2.38. The zero-order valence-electron chi connectivity index (χ0n) is 13.7. The number of aryl methyl sites for hydroxylation is 1. The lowest BCUT2D eigenvalue weighted by Gasteiger charge is -2.26. The van der Waals surface area contributed by atoms with Crippen molar-refractivity contribution < 1.29 is 18.2 Å². The molecule has 0 unspecified atom stereocenters. The fraction of sp³-hybridized carbons (Fsp3) is 0.125. The molecule has 1 heterocycles. The van der Waals surface area contributed by atoms with Crippen LogP contribution in [0.5, 0.6) is 0 Å². The molecule has 1 amide bonds. The molecule has 0 aliphatic carbocycles. The summed E-state index contributed by atoms with van der Waals surface area (Å²) in [5, 5.41) is 17.1. The van der Waals surface area contributed by atoms with Gasteiger partial charge in [-0.05, 0) is 42.2 Å². The highest BCUT2D eigenvalue weighted by molar-refractivity contribution is 7.90. The minimum atomic E-state index is -4.01. The molecule has 0 fully saturated rings. The zero-order chi connectivity index (χ0) is 18.2. The molecule has 0 bridgehead atoms. The third kappa shape index (κ3) is 3.28. The van der Waals surface area contributed by atoms with Gasteiger partial charge >= 0.3 is 7.05 Å². The molecule has 0 aromatic heterocycles. The van der Waals surface area contributed by atoms with E-state index in [1.54, 1.807) is 24.3 Å². The second-order valence-electron chi connectivity index (χ2n) is 5.73. The molecule has 0 saturated heterocycles. The van der Waals surface area contributed by atoms with E-state index in [9.17, 15) is 18.2 Å². The smallest absolute Gasteiger partial charge is 0.427 e. The molecule has 1 aliphatic rings. The zero-order valence-corrected chi connectivity index (χ0v) is 14.5. The average molecular weight is 357 g/mol. The molecular formula is C16H16BN3O4S. The summed E-state index contributed by atoms with van der Waals surface area (Å²) < 4.78 is 26.2. The largest absolute Gasteiger partial charge is 0.484 e. The van der Waals surface area contributed by atoms with Crippen molar-refractivity contribution in [2.75, 3.05) is 5.32 Å². The van der Waals surface area contributed by atoms with Crippen LogP contribution in [0.3, 0.4) is 0 Å². The number of rotatable bonds is 3. The van der Waals surface area contributed by atoms with Crippen LogP contribution in [-0.2, 0) is 14.8 Å². The molecule has 1 aliphatic heterocycles. The van der Waals surface area contributed by atoms with E-state index >= 15 is 0 Å². The first-order valence-corrected chi connectivity index (χ1v) is 8.98. The topological polar surface area (TPSA) is 99.1 Å². The lowest BCUT2D eigenvalue weighted by atomic mass is 9.71. The summed E-state index contributed by atoms with van der Waals surface area (Å²) in [5.41, 5.74) is 2.31. The van der Waals surface area contributed by atoms with Crippen molar-refractivity contribution in [1.29, 1.82) is 0 Å². The fourth-order valence-electron chi connectivity index (χ4n) is 2.51. The summed E-state index contributed by atoms with van der Waals surface area (Å²) in [7, 11) is -5.49. The predicted octanol–water partition coefficient (Wildman–Crippen LogP) is 0.679. The van der Waals surface area contributed by atoms with Crippen LogP contribution >= 0.6 is 0 Å². The van der Waals surface area contributed by atoms with E-state index < -0.39 is 17.1 Å². The number of amides is 1. The van der Waals surface area contributed by atoms with Gasteiger partial charge in [-0.15, -0.1) is 0 Å². The molecule has 0 atom stereocenters. The Labute approximate surface area is 146 Å². The second kappa shape index (κ2) is 6.34. The highest BCUT2D eigenvalue weighted by Crippen LogP contribution is 2.20. The first kappa shape index (κ1) is 17.2. The van der Waals surface area contributed by atoms with Crippen molar-refractivity contribution in [3.05, 3.63) is 53.6 Å². The molecule has 3 rings (SSSR count). The molecule has 0 spiro atoms. The summed E-state index contributed by atoms with van der Waals surface area (Å²) >= 11 is 0. The van der Waals surface area contributed by atoms with Crippen molar-refractivity contribution >= 4 is 40.3 Å². The SMILES string of the molecule is CC(=O)Nc1ccc2c(c1)B(O)N(S(=O)(=O)c1ccc(C)cc1)N=C2. The number of nitrogens with zero attached hydrogens (tertiary/aromatic N) is 2. The lowest BCUT2D eigenvalue weighted by molar-refractivity contribution is -0.114. The summed E-state index contributed by atoms with van der Waals surface area (Å²) in [6.45, 7) is 3.22. The van der Waals surface area contributed by atoms with Gasteiger partial charge in [-0.1, -0.05) is 23.8 Å².